The number of hydrogen-bond donors (Lipinski definition) is 0. The average Bonchev–Trinajstić information content (AvgIpc) is 2.91. The van der Waals surface area contributed by atoms with Crippen molar-refractivity contribution in [2.75, 3.05) is 21.3 Å². The third kappa shape index (κ3) is 2.80. The molecular formula is C14H16N2O4. The number of aromatic nitrogens is 2. The van der Waals surface area contributed by atoms with Gasteiger partial charge in [-0.15, -0.1) is 0 Å². The van der Waals surface area contributed by atoms with Crippen LogP contribution in [0.15, 0.2) is 30.5 Å². The number of carbonyl (C=O) groups is 1. The predicted molar refractivity (Wildman–Crippen MR) is 72.2 cm³/mol. The van der Waals surface area contributed by atoms with Gasteiger partial charge in [0.1, 0.15) is 17.0 Å². The normalized spacial score (nSPS) is 10.3. The van der Waals surface area contributed by atoms with Crippen molar-refractivity contribution in [1.82, 2.24) is 9.78 Å². The molecule has 0 saturated carbocycles. The summed E-state index contributed by atoms with van der Waals surface area (Å²) in [6.07, 6.45) is 1.63. The van der Waals surface area contributed by atoms with Crippen molar-refractivity contribution in [3.63, 3.8) is 0 Å². The maximum atomic E-state index is 11.7. The second-order valence-electron chi connectivity index (χ2n) is 4.06. The van der Waals surface area contributed by atoms with E-state index in [4.69, 9.17) is 14.2 Å². The van der Waals surface area contributed by atoms with Crippen LogP contribution in [0.1, 0.15) is 16.1 Å². The van der Waals surface area contributed by atoms with E-state index in [1.165, 1.54) is 7.11 Å². The molecule has 0 amide bonds. The molecule has 6 heteroatoms. The first kappa shape index (κ1) is 14.1. The van der Waals surface area contributed by atoms with E-state index in [1.54, 1.807) is 25.1 Å². The topological polar surface area (TPSA) is 62.6 Å². The number of benzene rings is 1. The van der Waals surface area contributed by atoms with Crippen molar-refractivity contribution in [3.05, 3.63) is 41.7 Å². The first-order valence-electron chi connectivity index (χ1n) is 5.99. The molecule has 0 N–H and O–H groups in total. The molecule has 1 heterocycles. The number of ether oxygens (including phenoxy) is 3. The molecule has 0 radical (unpaired) electrons. The van der Waals surface area contributed by atoms with Crippen LogP contribution in [0.2, 0.25) is 0 Å². The van der Waals surface area contributed by atoms with E-state index in [0.717, 1.165) is 11.4 Å². The van der Waals surface area contributed by atoms with Gasteiger partial charge in [0, 0.05) is 13.3 Å². The first-order valence-corrected chi connectivity index (χ1v) is 5.99. The summed E-state index contributed by atoms with van der Waals surface area (Å²) in [5, 5.41) is 4.34. The van der Waals surface area contributed by atoms with Crippen LogP contribution < -0.4 is 4.74 Å². The van der Waals surface area contributed by atoms with Gasteiger partial charge in [0.25, 0.3) is 0 Å². The molecular weight excluding hydrogens is 260 g/mol. The number of carbonyl (C=O) groups excluding carboxylic acids is 1. The van der Waals surface area contributed by atoms with Gasteiger partial charge in [-0.05, 0) is 24.3 Å². The van der Waals surface area contributed by atoms with Gasteiger partial charge in [0.05, 0.1) is 26.5 Å². The minimum Gasteiger partial charge on any atom is -0.497 e. The highest BCUT2D eigenvalue weighted by Crippen LogP contribution is 2.17. The summed E-state index contributed by atoms with van der Waals surface area (Å²) in [5.74, 6) is 0.322. The highest BCUT2D eigenvalue weighted by molar-refractivity contribution is 5.90. The van der Waals surface area contributed by atoms with Crippen LogP contribution in [-0.2, 0) is 16.1 Å². The lowest BCUT2D eigenvalue weighted by molar-refractivity contribution is 0.0596. The monoisotopic (exact) mass is 276 g/mol. The smallest absolute Gasteiger partial charge is 0.341 e. The molecule has 0 spiro atoms. The van der Waals surface area contributed by atoms with E-state index in [2.05, 4.69) is 5.10 Å². The third-order valence-corrected chi connectivity index (χ3v) is 2.81. The fourth-order valence-corrected chi connectivity index (χ4v) is 1.80. The van der Waals surface area contributed by atoms with Crippen molar-refractivity contribution in [1.29, 1.82) is 0 Å². The second kappa shape index (κ2) is 6.21. The fourth-order valence-electron chi connectivity index (χ4n) is 1.80. The summed E-state index contributed by atoms with van der Waals surface area (Å²) in [4.78, 5) is 11.7. The standard InChI is InChI=1S/C14H16N2O4/c1-18-9-13-12(14(17)20-3)8-16(15-13)10-4-6-11(19-2)7-5-10/h4-8H,9H2,1-3H3. The lowest BCUT2D eigenvalue weighted by Gasteiger charge is -2.03. The Morgan fingerprint density at radius 3 is 2.45 bits per heavy atom. The zero-order valence-electron chi connectivity index (χ0n) is 11.6. The van der Waals surface area contributed by atoms with E-state index in [0.29, 0.717) is 11.3 Å². The summed E-state index contributed by atoms with van der Waals surface area (Å²) in [6, 6.07) is 7.35. The molecule has 0 saturated heterocycles. The van der Waals surface area contributed by atoms with Crippen molar-refractivity contribution in [3.8, 4) is 11.4 Å². The number of nitrogens with zero attached hydrogens (tertiary/aromatic N) is 2. The molecule has 0 atom stereocenters. The van der Waals surface area contributed by atoms with Crippen LogP contribution in [0, 0.1) is 0 Å². The predicted octanol–water partition coefficient (Wildman–Crippen LogP) is 1.81. The summed E-state index contributed by atoms with van der Waals surface area (Å²) < 4.78 is 16.5. The van der Waals surface area contributed by atoms with Gasteiger partial charge < -0.3 is 14.2 Å². The second-order valence-corrected chi connectivity index (χ2v) is 4.06. The Morgan fingerprint density at radius 2 is 1.90 bits per heavy atom. The van der Waals surface area contributed by atoms with E-state index < -0.39 is 5.97 Å². The van der Waals surface area contributed by atoms with Crippen LogP contribution in [0.5, 0.6) is 5.75 Å². The molecule has 0 bridgehead atoms. The van der Waals surface area contributed by atoms with Crippen molar-refractivity contribution >= 4 is 5.97 Å². The van der Waals surface area contributed by atoms with Crippen molar-refractivity contribution in [2.45, 2.75) is 6.61 Å². The average molecular weight is 276 g/mol. The molecule has 2 aromatic rings. The minimum atomic E-state index is -0.434. The molecule has 20 heavy (non-hydrogen) atoms. The Hall–Kier alpha value is -2.34. The third-order valence-electron chi connectivity index (χ3n) is 2.81. The highest BCUT2D eigenvalue weighted by atomic mass is 16.5. The SMILES string of the molecule is COCc1nn(-c2ccc(OC)cc2)cc1C(=O)OC. The lowest BCUT2D eigenvalue weighted by Crippen LogP contribution is -2.04. The number of hydrogen-bond acceptors (Lipinski definition) is 5. The maximum absolute atomic E-state index is 11.7. The Bertz CT molecular complexity index is 590. The number of esters is 1. The molecule has 0 aliphatic rings. The molecule has 0 unspecified atom stereocenters. The van der Waals surface area contributed by atoms with E-state index in [9.17, 15) is 4.79 Å². The summed E-state index contributed by atoms with van der Waals surface area (Å²) >= 11 is 0. The van der Waals surface area contributed by atoms with Gasteiger partial charge in [-0.2, -0.15) is 5.10 Å². The summed E-state index contributed by atoms with van der Waals surface area (Å²) in [5.41, 5.74) is 1.75. The highest BCUT2D eigenvalue weighted by Gasteiger charge is 2.17. The maximum Gasteiger partial charge on any atom is 0.341 e. The van der Waals surface area contributed by atoms with E-state index in [-0.39, 0.29) is 6.61 Å². The van der Waals surface area contributed by atoms with Gasteiger partial charge in [0.15, 0.2) is 0 Å². The zero-order valence-corrected chi connectivity index (χ0v) is 11.6. The van der Waals surface area contributed by atoms with Crippen LogP contribution in [-0.4, -0.2) is 37.1 Å². The Labute approximate surface area is 116 Å². The van der Waals surface area contributed by atoms with Gasteiger partial charge in [-0.25, -0.2) is 9.48 Å². The summed E-state index contributed by atoms with van der Waals surface area (Å²) in [7, 11) is 4.49. The zero-order chi connectivity index (χ0) is 14.5. The lowest BCUT2D eigenvalue weighted by atomic mass is 10.2. The summed E-state index contributed by atoms with van der Waals surface area (Å²) in [6.45, 7) is 0.244. The van der Waals surface area contributed by atoms with Gasteiger partial charge in [-0.3, -0.25) is 0 Å². The fraction of sp³-hybridized carbons (Fsp3) is 0.286. The molecule has 106 valence electrons. The Balaban J connectivity index is 2.38. The minimum absolute atomic E-state index is 0.244. The molecule has 2 rings (SSSR count). The Kier molecular flexibility index (Phi) is 4.37. The van der Waals surface area contributed by atoms with Crippen molar-refractivity contribution < 1.29 is 19.0 Å². The molecule has 0 aliphatic heterocycles. The van der Waals surface area contributed by atoms with Crippen LogP contribution in [0.3, 0.4) is 0 Å². The van der Waals surface area contributed by atoms with E-state index in [1.807, 2.05) is 24.3 Å². The van der Waals surface area contributed by atoms with Crippen LogP contribution in [0.25, 0.3) is 5.69 Å². The van der Waals surface area contributed by atoms with Gasteiger partial charge >= 0.3 is 5.97 Å². The molecule has 0 fully saturated rings. The largest absolute Gasteiger partial charge is 0.497 e. The van der Waals surface area contributed by atoms with E-state index >= 15 is 0 Å². The Morgan fingerprint density at radius 1 is 1.20 bits per heavy atom. The molecule has 1 aromatic heterocycles. The number of methoxy groups -OCH3 is 3. The quantitative estimate of drug-likeness (QED) is 0.779. The number of rotatable bonds is 5. The van der Waals surface area contributed by atoms with Gasteiger partial charge in [-0.1, -0.05) is 0 Å². The molecule has 0 aliphatic carbocycles. The first-order chi connectivity index (χ1) is 9.69. The van der Waals surface area contributed by atoms with Crippen LogP contribution in [0.4, 0.5) is 0 Å². The van der Waals surface area contributed by atoms with Crippen molar-refractivity contribution in [2.24, 2.45) is 0 Å². The van der Waals surface area contributed by atoms with Crippen LogP contribution >= 0.6 is 0 Å². The van der Waals surface area contributed by atoms with Gasteiger partial charge in [0.2, 0.25) is 0 Å². The molecule has 1 aromatic carbocycles. The molecule has 6 nitrogen and oxygen atoms in total.